The molecular weight excluding hydrogens is 548 g/mol. The fraction of sp³-hybridized carbons (Fsp3) is 0.321. The highest BCUT2D eigenvalue weighted by Gasteiger charge is 2.30. The van der Waals surface area contributed by atoms with Crippen molar-refractivity contribution in [2.45, 2.75) is 49.9 Å². The Morgan fingerprint density at radius 1 is 0.833 bits per heavy atom. The van der Waals surface area contributed by atoms with E-state index in [9.17, 15) is 39.3 Å². The Kier molecular flexibility index (Phi) is 11.0. The number of aliphatic carboxylic acids is 1. The third kappa shape index (κ3) is 8.78. The Labute approximate surface area is 240 Å². The van der Waals surface area contributed by atoms with Crippen molar-refractivity contribution in [2.24, 2.45) is 11.5 Å². The maximum Gasteiger partial charge on any atom is 0.326 e. The number of carbonyl (C=O) groups excluding carboxylic acids is 4. The average molecular weight is 583 g/mol. The van der Waals surface area contributed by atoms with Gasteiger partial charge in [0.15, 0.2) is 0 Å². The molecule has 14 nitrogen and oxygen atoms in total. The number of H-pyrrole nitrogens is 1. The highest BCUT2D eigenvalue weighted by Crippen LogP contribution is 2.19. The number of primary amides is 1. The predicted octanol–water partition coefficient (Wildman–Crippen LogP) is -1.22. The van der Waals surface area contributed by atoms with Crippen molar-refractivity contribution in [2.75, 3.05) is 6.61 Å². The first-order chi connectivity index (χ1) is 20.0. The molecule has 3 rings (SSSR count). The Bertz CT molecular complexity index is 1420. The number of hydrogen-bond acceptors (Lipinski definition) is 8. The summed E-state index contributed by atoms with van der Waals surface area (Å²) < 4.78 is 0. The van der Waals surface area contributed by atoms with E-state index in [0.29, 0.717) is 5.56 Å². The molecule has 0 aliphatic heterocycles. The predicted molar refractivity (Wildman–Crippen MR) is 151 cm³/mol. The minimum atomic E-state index is -1.50. The van der Waals surface area contributed by atoms with Crippen molar-refractivity contribution >= 4 is 40.5 Å². The molecule has 2 aromatic carbocycles. The third-order valence-corrected chi connectivity index (χ3v) is 6.57. The maximum absolute atomic E-state index is 13.0. The van der Waals surface area contributed by atoms with Crippen LogP contribution in [0.1, 0.15) is 24.0 Å². The summed E-state index contributed by atoms with van der Waals surface area (Å²) in [7, 11) is 0. The van der Waals surface area contributed by atoms with Crippen LogP contribution in [0.25, 0.3) is 10.9 Å². The van der Waals surface area contributed by atoms with E-state index in [2.05, 4.69) is 20.9 Å². The van der Waals surface area contributed by atoms with Crippen LogP contribution in [0.15, 0.2) is 54.7 Å². The van der Waals surface area contributed by atoms with Gasteiger partial charge in [-0.1, -0.05) is 30.3 Å². The first kappa shape index (κ1) is 31.6. The van der Waals surface area contributed by atoms with Crippen LogP contribution in [-0.4, -0.2) is 80.7 Å². The van der Waals surface area contributed by atoms with Gasteiger partial charge >= 0.3 is 5.97 Å². The number of amides is 4. The van der Waals surface area contributed by atoms with E-state index >= 15 is 0 Å². The second-order valence-corrected chi connectivity index (χ2v) is 9.75. The lowest BCUT2D eigenvalue weighted by molar-refractivity contribution is -0.142. The summed E-state index contributed by atoms with van der Waals surface area (Å²) >= 11 is 0. The minimum absolute atomic E-state index is 0.0201. The van der Waals surface area contributed by atoms with Crippen molar-refractivity contribution in [3.63, 3.8) is 0 Å². The number of aliphatic hydroxyl groups is 1. The van der Waals surface area contributed by atoms with Gasteiger partial charge in [-0.3, -0.25) is 19.2 Å². The van der Waals surface area contributed by atoms with E-state index in [0.717, 1.165) is 16.5 Å². The monoisotopic (exact) mass is 582 g/mol. The molecule has 0 fully saturated rings. The number of aromatic hydroxyl groups is 1. The second kappa shape index (κ2) is 14.6. The molecule has 0 saturated heterocycles. The van der Waals surface area contributed by atoms with Gasteiger partial charge in [0.05, 0.1) is 12.6 Å². The number of rotatable bonds is 15. The van der Waals surface area contributed by atoms with Gasteiger partial charge in [-0.15, -0.1) is 0 Å². The van der Waals surface area contributed by atoms with Gasteiger partial charge < -0.3 is 47.7 Å². The molecule has 0 bridgehead atoms. The Hall–Kier alpha value is -4.95. The summed E-state index contributed by atoms with van der Waals surface area (Å²) in [6, 6.07) is 7.73. The molecule has 0 spiro atoms. The van der Waals surface area contributed by atoms with Gasteiger partial charge in [0, 0.05) is 29.9 Å². The summed E-state index contributed by atoms with van der Waals surface area (Å²) in [6.45, 7) is -0.833. The number of benzene rings is 2. The van der Waals surface area contributed by atoms with Crippen molar-refractivity contribution in [1.82, 2.24) is 20.9 Å². The molecule has 0 saturated carbocycles. The van der Waals surface area contributed by atoms with Crippen molar-refractivity contribution in [3.8, 4) is 5.75 Å². The first-order valence-corrected chi connectivity index (χ1v) is 13.1. The van der Waals surface area contributed by atoms with Gasteiger partial charge in [0.2, 0.25) is 23.6 Å². The molecule has 4 unspecified atom stereocenters. The van der Waals surface area contributed by atoms with Crippen LogP contribution in [0.5, 0.6) is 5.75 Å². The lowest BCUT2D eigenvalue weighted by Gasteiger charge is -2.24. The van der Waals surface area contributed by atoms with Crippen LogP contribution in [0.4, 0.5) is 0 Å². The number of carboxylic acids is 1. The van der Waals surface area contributed by atoms with E-state index in [1.54, 1.807) is 6.20 Å². The van der Waals surface area contributed by atoms with Crippen LogP contribution >= 0.6 is 0 Å². The van der Waals surface area contributed by atoms with E-state index in [1.165, 1.54) is 24.3 Å². The summed E-state index contributed by atoms with van der Waals surface area (Å²) in [4.78, 5) is 65.0. The van der Waals surface area contributed by atoms with Crippen molar-refractivity contribution in [3.05, 3.63) is 65.9 Å². The third-order valence-electron chi connectivity index (χ3n) is 6.57. The minimum Gasteiger partial charge on any atom is -0.508 e. The van der Waals surface area contributed by atoms with Crippen molar-refractivity contribution in [1.29, 1.82) is 0 Å². The highest BCUT2D eigenvalue weighted by molar-refractivity contribution is 5.94. The molecule has 1 heterocycles. The number of phenols is 1. The number of aliphatic hydroxyl groups excluding tert-OH is 1. The largest absolute Gasteiger partial charge is 0.508 e. The van der Waals surface area contributed by atoms with E-state index < -0.39 is 60.4 Å². The Morgan fingerprint density at radius 3 is 2.10 bits per heavy atom. The van der Waals surface area contributed by atoms with Crippen LogP contribution in [-0.2, 0) is 36.8 Å². The van der Waals surface area contributed by atoms with Gasteiger partial charge in [-0.05, 0) is 42.2 Å². The van der Waals surface area contributed by atoms with Gasteiger partial charge in [0.25, 0.3) is 0 Å². The molecule has 0 aliphatic carbocycles. The van der Waals surface area contributed by atoms with E-state index in [1.807, 2.05) is 24.3 Å². The highest BCUT2D eigenvalue weighted by atomic mass is 16.4. The van der Waals surface area contributed by atoms with E-state index in [4.69, 9.17) is 11.5 Å². The topological polar surface area (TPSA) is 250 Å². The number of nitrogens with two attached hydrogens (primary N) is 2. The zero-order valence-corrected chi connectivity index (χ0v) is 22.6. The Balaban J connectivity index is 1.65. The summed E-state index contributed by atoms with van der Waals surface area (Å²) in [5.41, 5.74) is 13.4. The summed E-state index contributed by atoms with van der Waals surface area (Å²) in [5, 5.41) is 36.8. The number of aromatic amines is 1. The SMILES string of the molecule is NC(=O)CCC(NC(=O)C(CO)NC(=O)C(N)Cc1c[nH]c2ccccc12)C(=O)NC(Cc1ccc(O)cc1)C(=O)O. The molecule has 3 aromatic rings. The Morgan fingerprint density at radius 2 is 1.45 bits per heavy atom. The number of carbonyl (C=O) groups is 5. The number of aromatic nitrogens is 1. The molecule has 42 heavy (non-hydrogen) atoms. The second-order valence-electron chi connectivity index (χ2n) is 9.75. The maximum atomic E-state index is 13.0. The van der Waals surface area contributed by atoms with Gasteiger partial charge in [-0.2, -0.15) is 0 Å². The van der Waals surface area contributed by atoms with Crippen LogP contribution in [0, 0.1) is 0 Å². The smallest absolute Gasteiger partial charge is 0.326 e. The fourth-order valence-electron chi connectivity index (χ4n) is 4.27. The zero-order chi connectivity index (χ0) is 30.8. The van der Waals surface area contributed by atoms with Gasteiger partial charge in [-0.25, -0.2) is 4.79 Å². The van der Waals surface area contributed by atoms with Gasteiger partial charge in [0.1, 0.15) is 23.9 Å². The first-order valence-electron chi connectivity index (χ1n) is 13.1. The molecule has 11 N–H and O–H groups in total. The molecule has 1 aromatic heterocycles. The lowest BCUT2D eigenvalue weighted by Crippen LogP contribution is -2.58. The molecule has 0 radical (unpaired) electrons. The quantitative estimate of drug-likeness (QED) is 0.104. The number of nitrogens with one attached hydrogen (secondary N) is 4. The number of carboxylic acid groups (broad SMARTS) is 1. The summed E-state index contributed by atoms with van der Waals surface area (Å²) in [6.07, 6.45) is 1.13. The molecular formula is C28H34N6O8. The molecule has 224 valence electrons. The molecule has 4 atom stereocenters. The van der Waals surface area contributed by atoms with Crippen molar-refractivity contribution < 1.29 is 39.3 Å². The molecule has 4 amide bonds. The number of hydrogen-bond donors (Lipinski definition) is 9. The normalized spacial score (nSPS) is 13.9. The standard InChI is InChI=1S/C28H34N6O8/c29-19(12-16-13-31-20-4-2-1-3-18(16)20)25(38)34-23(14-35)27(40)32-21(9-10-24(30)37)26(39)33-22(28(41)42)11-15-5-7-17(36)8-6-15/h1-8,13,19,21-23,31,35-36H,9-12,14,29H2,(H2,30,37)(H,32,40)(H,33,39)(H,34,38)(H,41,42). The number of phenolic OH excluding ortho intramolecular Hbond substituents is 1. The average Bonchev–Trinajstić information content (AvgIpc) is 3.36. The summed E-state index contributed by atoms with van der Waals surface area (Å²) in [5.74, 6) is -4.76. The molecule has 14 heteroatoms. The molecule has 0 aliphatic rings. The number of fused-ring (bicyclic) bond motifs is 1. The number of para-hydroxylation sites is 1. The fourth-order valence-corrected chi connectivity index (χ4v) is 4.27. The lowest BCUT2D eigenvalue weighted by atomic mass is 10.0. The zero-order valence-electron chi connectivity index (χ0n) is 22.6. The van der Waals surface area contributed by atoms with Crippen LogP contribution in [0.2, 0.25) is 0 Å². The van der Waals surface area contributed by atoms with Crippen LogP contribution in [0.3, 0.4) is 0 Å². The van der Waals surface area contributed by atoms with Crippen LogP contribution < -0.4 is 27.4 Å². The van der Waals surface area contributed by atoms with E-state index in [-0.39, 0.29) is 31.4 Å².